The van der Waals surface area contributed by atoms with Crippen molar-refractivity contribution in [3.63, 3.8) is 0 Å². The molecule has 0 radical (unpaired) electrons. The molecule has 33 heavy (non-hydrogen) atoms. The fraction of sp³-hybridized carbons (Fsp3) is 0.444. The van der Waals surface area contributed by atoms with Crippen LogP contribution in [0.15, 0.2) is 54.6 Å². The first kappa shape index (κ1) is 23.0. The minimum Gasteiger partial charge on any atom is -0.348 e. The average molecular weight is 448 g/mol. The minimum absolute atomic E-state index is 0.0454. The second kappa shape index (κ2) is 11.1. The number of rotatable bonds is 8. The second-order valence-electron chi connectivity index (χ2n) is 9.15. The zero-order chi connectivity index (χ0) is 23.0. The summed E-state index contributed by atoms with van der Waals surface area (Å²) in [5.74, 6) is 0.255. The Hall–Kier alpha value is -3.15. The molecule has 1 atom stereocenters. The summed E-state index contributed by atoms with van der Waals surface area (Å²) >= 11 is 0. The van der Waals surface area contributed by atoms with Crippen LogP contribution in [0.2, 0.25) is 0 Å². The van der Waals surface area contributed by atoms with Crippen molar-refractivity contribution in [1.82, 2.24) is 10.6 Å². The Kier molecular flexibility index (Phi) is 7.76. The Labute approximate surface area is 195 Å². The lowest BCUT2D eigenvalue weighted by molar-refractivity contribution is -0.121. The first-order valence-electron chi connectivity index (χ1n) is 12.1. The van der Waals surface area contributed by atoms with Crippen LogP contribution in [0.1, 0.15) is 73.3 Å². The van der Waals surface area contributed by atoms with Crippen LogP contribution in [0, 0.1) is 5.92 Å². The first-order chi connectivity index (χ1) is 16.1. The molecule has 0 spiro atoms. The third kappa shape index (κ3) is 6.21. The lowest BCUT2D eigenvalue weighted by atomic mass is 9.83. The Morgan fingerprint density at radius 3 is 2.33 bits per heavy atom. The van der Waals surface area contributed by atoms with Gasteiger partial charge < -0.3 is 15.5 Å². The maximum absolute atomic E-state index is 12.7. The number of nitrogens with zero attached hydrogens (tertiary/aromatic N) is 1. The van der Waals surface area contributed by atoms with Gasteiger partial charge in [-0.25, -0.2) is 0 Å². The van der Waals surface area contributed by atoms with E-state index in [1.807, 2.05) is 18.2 Å². The van der Waals surface area contributed by atoms with Crippen molar-refractivity contribution < 1.29 is 14.4 Å². The van der Waals surface area contributed by atoms with Crippen LogP contribution >= 0.6 is 0 Å². The molecule has 2 fully saturated rings. The number of nitrogens with one attached hydrogen (secondary N) is 2. The van der Waals surface area contributed by atoms with Gasteiger partial charge >= 0.3 is 0 Å². The normalized spacial score (nSPS) is 17.6. The maximum atomic E-state index is 12.7. The highest BCUT2D eigenvalue weighted by molar-refractivity contribution is 5.98. The lowest BCUT2D eigenvalue weighted by Gasteiger charge is -2.27. The summed E-state index contributed by atoms with van der Waals surface area (Å²) in [5.41, 5.74) is 2.38. The topological polar surface area (TPSA) is 78.5 Å². The lowest BCUT2D eigenvalue weighted by Crippen LogP contribution is -2.39. The van der Waals surface area contributed by atoms with E-state index >= 15 is 0 Å². The van der Waals surface area contributed by atoms with Crippen LogP contribution in [0.4, 0.5) is 5.69 Å². The number of carbonyl (C=O) groups excluding carboxylic acids is 3. The molecule has 1 unspecified atom stereocenters. The molecule has 0 aromatic heterocycles. The number of hydrogen-bond donors (Lipinski definition) is 2. The summed E-state index contributed by atoms with van der Waals surface area (Å²) in [7, 11) is 0. The number of hydrogen-bond acceptors (Lipinski definition) is 3. The van der Waals surface area contributed by atoms with E-state index in [2.05, 4.69) is 22.8 Å². The standard InChI is InChI=1S/C27H33N3O3/c31-25(29-24(21-10-5-2-6-11-21)18-20-8-3-1-4-9-20)19-28-27(33)22-13-15-23(16-14-22)30-17-7-12-26(30)32/h2,5-6,10-11,13-16,20,24H,1,3-4,7-9,12,17-19H2,(H,28,33)(H,29,31). The molecule has 1 saturated heterocycles. The van der Waals surface area contributed by atoms with Crippen molar-refractivity contribution in [3.05, 3.63) is 65.7 Å². The Balaban J connectivity index is 1.31. The molecule has 2 aliphatic rings. The second-order valence-corrected chi connectivity index (χ2v) is 9.15. The molecular formula is C27H33N3O3. The van der Waals surface area contributed by atoms with Gasteiger partial charge in [-0.3, -0.25) is 14.4 Å². The van der Waals surface area contributed by atoms with Gasteiger partial charge in [-0.1, -0.05) is 62.4 Å². The van der Waals surface area contributed by atoms with Crippen LogP contribution < -0.4 is 15.5 Å². The number of carbonyl (C=O) groups is 3. The van der Waals surface area contributed by atoms with Gasteiger partial charge in [0.2, 0.25) is 11.8 Å². The van der Waals surface area contributed by atoms with Gasteiger partial charge in [0.1, 0.15) is 0 Å². The highest BCUT2D eigenvalue weighted by Crippen LogP contribution is 2.32. The van der Waals surface area contributed by atoms with E-state index in [4.69, 9.17) is 0 Å². The molecule has 2 aromatic carbocycles. The Morgan fingerprint density at radius 1 is 0.939 bits per heavy atom. The Morgan fingerprint density at radius 2 is 1.67 bits per heavy atom. The first-order valence-corrected chi connectivity index (χ1v) is 12.1. The summed E-state index contributed by atoms with van der Waals surface area (Å²) in [6.07, 6.45) is 8.63. The molecule has 1 saturated carbocycles. The van der Waals surface area contributed by atoms with Crippen molar-refractivity contribution in [2.75, 3.05) is 18.0 Å². The molecule has 3 amide bonds. The summed E-state index contributed by atoms with van der Waals surface area (Å²) in [6, 6.07) is 17.0. The van der Waals surface area contributed by atoms with E-state index in [1.165, 1.54) is 32.1 Å². The zero-order valence-electron chi connectivity index (χ0n) is 19.1. The predicted molar refractivity (Wildman–Crippen MR) is 129 cm³/mol. The van der Waals surface area contributed by atoms with Crippen LogP contribution in [0.5, 0.6) is 0 Å². The number of anilines is 1. The van der Waals surface area contributed by atoms with E-state index < -0.39 is 0 Å². The minimum atomic E-state index is -0.298. The van der Waals surface area contributed by atoms with E-state index in [0.717, 1.165) is 24.1 Å². The van der Waals surface area contributed by atoms with E-state index in [-0.39, 0.29) is 30.3 Å². The van der Waals surface area contributed by atoms with Crippen molar-refractivity contribution in [2.45, 2.75) is 57.4 Å². The fourth-order valence-corrected chi connectivity index (χ4v) is 4.94. The average Bonchev–Trinajstić information content (AvgIpc) is 3.29. The third-order valence-electron chi connectivity index (χ3n) is 6.76. The predicted octanol–water partition coefficient (Wildman–Crippen LogP) is 4.37. The molecule has 6 nitrogen and oxygen atoms in total. The molecule has 2 aromatic rings. The van der Waals surface area contributed by atoms with E-state index in [0.29, 0.717) is 24.4 Å². The van der Waals surface area contributed by atoms with Crippen molar-refractivity contribution >= 4 is 23.4 Å². The highest BCUT2D eigenvalue weighted by atomic mass is 16.2. The quantitative estimate of drug-likeness (QED) is 0.631. The van der Waals surface area contributed by atoms with Gasteiger partial charge in [-0.15, -0.1) is 0 Å². The maximum Gasteiger partial charge on any atom is 0.251 e. The van der Waals surface area contributed by atoms with Gasteiger partial charge in [0.05, 0.1) is 12.6 Å². The summed E-state index contributed by atoms with van der Waals surface area (Å²) < 4.78 is 0. The molecular weight excluding hydrogens is 414 g/mol. The van der Waals surface area contributed by atoms with Gasteiger partial charge in [0.15, 0.2) is 0 Å². The molecule has 0 bridgehead atoms. The molecule has 1 heterocycles. The van der Waals surface area contributed by atoms with Gasteiger partial charge in [0.25, 0.3) is 5.91 Å². The van der Waals surface area contributed by atoms with Crippen LogP contribution in [0.3, 0.4) is 0 Å². The van der Waals surface area contributed by atoms with Gasteiger partial charge in [-0.05, 0) is 48.6 Å². The van der Waals surface area contributed by atoms with Gasteiger partial charge in [0, 0.05) is 24.2 Å². The SMILES string of the molecule is O=C(CNC(=O)c1ccc(N2CCCC2=O)cc1)NC(CC1CCCCC1)c1ccccc1. The van der Waals surface area contributed by atoms with Crippen LogP contribution in [-0.2, 0) is 9.59 Å². The molecule has 1 aliphatic carbocycles. The summed E-state index contributed by atoms with van der Waals surface area (Å²) in [4.78, 5) is 38.9. The van der Waals surface area contributed by atoms with Crippen molar-refractivity contribution in [2.24, 2.45) is 5.92 Å². The van der Waals surface area contributed by atoms with E-state index in [1.54, 1.807) is 29.2 Å². The number of amides is 3. The molecule has 4 rings (SSSR count). The zero-order valence-corrected chi connectivity index (χ0v) is 19.1. The molecule has 1 aliphatic heterocycles. The third-order valence-corrected chi connectivity index (χ3v) is 6.76. The smallest absolute Gasteiger partial charge is 0.251 e. The Bertz CT molecular complexity index is 952. The van der Waals surface area contributed by atoms with Crippen LogP contribution in [0.25, 0.3) is 0 Å². The molecule has 174 valence electrons. The van der Waals surface area contributed by atoms with Crippen molar-refractivity contribution in [1.29, 1.82) is 0 Å². The van der Waals surface area contributed by atoms with E-state index in [9.17, 15) is 14.4 Å². The summed E-state index contributed by atoms with van der Waals surface area (Å²) in [6.45, 7) is 0.646. The monoisotopic (exact) mass is 447 g/mol. The van der Waals surface area contributed by atoms with Gasteiger partial charge in [-0.2, -0.15) is 0 Å². The fourth-order valence-electron chi connectivity index (χ4n) is 4.94. The highest BCUT2D eigenvalue weighted by Gasteiger charge is 2.23. The molecule has 6 heteroatoms. The number of benzene rings is 2. The summed E-state index contributed by atoms with van der Waals surface area (Å²) in [5, 5.41) is 5.87. The van der Waals surface area contributed by atoms with Crippen LogP contribution in [-0.4, -0.2) is 30.8 Å². The van der Waals surface area contributed by atoms with Crippen molar-refractivity contribution in [3.8, 4) is 0 Å². The molecule has 2 N–H and O–H groups in total. The largest absolute Gasteiger partial charge is 0.348 e.